The van der Waals surface area contributed by atoms with Crippen molar-refractivity contribution in [1.29, 1.82) is 0 Å². The van der Waals surface area contributed by atoms with Crippen LogP contribution in [0.4, 0.5) is 16.2 Å². The Morgan fingerprint density at radius 3 is 2.62 bits per heavy atom. The van der Waals surface area contributed by atoms with E-state index in [2.05, 4.69) is 15.7 Å². The monoisotopic (exact) mass is 330 g/mol. The van der Waals surface area contributed by atoms with Crippen molar-refractivity contribution in [2.24, 2.45) is 0 Å². The maximum atomic E-state index is 12.2. The molecule has 0 atom stereocenters. The molecule has 2 rings (SSSR count). The average molecular weight is 330 g/mol. The maximum Gasteiger partial charge on any atom is 0.323 e. The summed E-state index contributed by atoms with van der Waals surface area (Å²) < 4.78 is 1.83. The lowest BCUT2D eigenvalue weighted by Gasteiger charge is -2.09. The fourth-order valence-corrected chi connectivity index (χ4v) is 2.52. The van der Waals surface area contributed by atoms with Gasteiger partial charge in [-0.15, -0.1) is 0 Å². The largest absolute Gasteiger partial charge is 0.481 e. The topological polar surface area (TPSA) is 96.3 Å². The summed E-state index contributed by atoms with van der Waals surface area (Å²) >= 11 is 0. The summed E-state index contributed by atoms with van der Waals surface area (Å²) in [6, 6.07) is 6.81. The van der Waals surface area contributed by atoms with Crippen molar-refractivity contribution in [3.8, 4) is 0 Å². The van der Waals surface area contributed by atoms with Gasteiger partial charge < -0.3 is 15.7 Å². The number of aliphatic carboxylic acids is 1. The smallest absolute Gasteiger partial charge is 0.323 e. The van der Waals surface area contributed by atoms with Crippen molar-refractivity contribution in [3.05, 3.63) is 41.2 Å². The summed E-state index contributed by atoms with van der Waals surface area (Å²) in [4.78, 5) is 22.8. The molecule has 2 aromatic rings. The van der Waals surface area contributed by atoms with Gasteiger partial charge in [-0.05, 0) is 44.9 Å². The molecular weight excluding hydrogens is 308 g/mol. The van der Waals surface area contributed by atoms with Crippen molar-refractivity contribution in [3.63, 3.8) is 0 Å². The predicted octanol–water partition coefficient (Wildman–Crippen LogP) is 3.18. The van der Waals surface area contributed by atoms with Gasteiger partial charge in [0.2, 0.25) is 0 Å². The molecule has 0 bridgehead atoms. The van der Waals surface area contributed by atoms with Crippen molar-refractivity contribution < 1.29 is 14.7 Å². The van der Waals surface area contributed by atoms with E-state index in [9.17, 15) is 9.59 Å². The second-order valence-electron chi connectivity index (χ2n) is 5.53. The van der Waals surface area contributed by atoms with E-state index in [0.717, 1.165) is 23.5 Å². The molecule has 1 heterocycles. The van der Waals surface area contributed by atoms with E-state index in [0.29, 0.717) is 17.8 Å². The van der Waals surface area contributed by atoms with Crippen LogP contribution in [0.3, 0.4) is 0 Å². The fourth-order valence-electron chi connectivity index (χ4n) is 2.52. The standard InChI is InChI=1S/C17H22N4O3/c1-4-21-12(3)16(11(2)20-21)19-17(24)18-14-7-5-6-13(10-14)8-9-15(22)23/h5-7,10H,4,8-9H2,1-3H3,(H,22,23)(H2,18,19,24). The molecule has 1 aromatic carbocycles. The van der Waals surface area contributed by atoms with Crippen LogP contribution >= 0.6 is 0 Å². The molecule has 0 saturated carbocycles. The zero-order valence-corrected chi connectivity index (χ0v) is 14.1. The molecule has 7 heteroatoms. The molecule has 0 aliphatic carbocycles. The molecule has 0 spiro atoms. The summed E-state index contributed by atoms with van der Waals surface area (Å²) in [6.45, 7) is 6.49. The van der Waals surface area contributed by atoms with Crippen LogP contribution in [0.25, 0.3) is 0 Å². The van der Waals surface area contributed by atoms with Crippen LogP contribution in [-0.2, 0) is 17.8 Å². The Hall–Kier alpha value is -2.83. The lowest BCUT2D eigenvalue weighted by Crippen LogP contribution is -2.20. The highest BCUT2D eigenvalue weighted by Crippen LogP contribution is 2.20. The molecule has 0 aliphatic heterocycles. The third-order valence-electron chi connectivity index (χ3n) is 3.73. The number of anilines is 2. The number of aromatic nitrogens is 2. The van der Waals surface area contributed by atoms with Crippen molar-refractivity contribution in [1.82, 2.24) is 9.78 Å². The fraction of sp³-hybridized carbons (Fsp3) is 0.353. The van der Waals surface area contributed by atoms with Gasteiger partial charge in [0.1, 0.15) is 0 Å². The van der Waals surface area contributed by atoms with Gasteiger partial charge in [-0.3, -0.25) is 9.48 Å². The Labute approximate surface area is 140 Å². The number of hydrogen-bond acceptors (Lipinski definition) is 3. The van der Waals surface area contributed by atoms with Crippen LogP contribution in [0.15, 0.2) is 24.3 Å². The number of amides is 2. The quantitative estimate of drug-likeness (QED) is 0.758. The minimum Gasteiger partial charge on any atom is -0.481 e. The third kappa shape index (κ3) is 4.34. The first-order valence-electron chi connectivity index (χ1n) is 7.83. The Kier molecular flexibility index (Phi) is 5.57. The summed E-state index contributed by atoms with van der Waals surface area (Å²) in [7, 11) is 0. The predicted molar refractivity (Wildman–Crippen MR) is 92.4 cm³/mol. The number of nitrogens with zero attached hydrogens (tertiary/aromatic N) is 2. The van der Waals surface area contributed by atoms with Crippen LogP contribution in [0, 0.1) is 13.8 Å². The number of carbonyl (C=O) groups is 2. The third-order valence-corrected chi connectivity index (χ3v) is 3.73. The summed E-state index contributed by atoms with van der Waals surface area (Å²) in [5.41, 5.74) is 3.85. The van der Waals surface area contributed by atoms with Crippen LogP contribution in [-0.4, -0.2) is 26.9 Å². The van der Waals surface area contributed by atoms with Crippen LogP contribution in [0.1, 0.15) is 30.3 Å². The van der Waals surface area contributed by atoms with Crippen molar-refractivity contribution >= 4 is 23.4 Å². The van der Waals surface area contributed by atoms with Gasteiger partial charge in [-0.25, -0.2) is 4.79 Å². The molecule has 24 heavy (non-hydrogen) atoms. The number of carbonyl (C=O) groups excluding carboxylic acids is 1. The van der Waals surface area contributed by atoms with E-state index < -0.39 is 5.97 Å². The van der Waals surface area contributed by atoms with Gasteiger partial charge in [0, 0.05) is 18.7 Å². The summed E-state index contributed by atoms with van der Waals surface area (Å²) in [6.07, 6.45) is 0.484. The molecule has 0 radical (unpaired) electrons. The van der Waals surface area contributed by atoms with Gasteiger partial charge in [0.25, 0.3) is 0 Å². The first-order chi connectivity index (χ1) is 11.4. The molecule has 7 nitrogen and oxygen atoms in total. The molecular formula is C17H22N4O3. The lowest BCUT2D eigenvalue weighted by atomic mass is 10.1. The Morgan fingerprint density at radius 1 is 1.25 bits per heavy atom. The van der Waals surface area contributed by atoms with E-state index in [-0.39, 0.29) is 12.5 Å². The Morgan fingerprint density at radius 2 is 2.00 bits per heavy atom. The highest BCUT2D eigenvalue weighted by atomic mass is 16.4. The van der Waals surface area contributed by atoms with Crippen LogP contribution in [0.5, 0.6) is 0 Å². The number of carboxylic acid groups (broad SMARTS) is 1. The maximum absolute atomic E-state index is 12.2. The number of benzene rings is 1. The van der Waals surface area contributed by atoms with Crippen molar-refractivity contribution in [2.45, 2.75) is 40.2 Å². The first-order valence-corrected chi connectivity index (χ1v) is 7.83. The van der Waals surface area contributed by atoms with E-state index in [1.165, 1.54) is 0 Å². The molecule has 0 aliphatic rings. The minimum absolute atomic E-state index is 0.0598. The van der Waals surface area contributed by atoms with Gasteiger partial charge >= 0.3 is 12.0 Å². The average Bonchev–Trinajstić information content (AvgIpc) is 2.80. The van der Waals surface area contributed by atoms with E-state index in [4.69, 9.17) is 5.11 Å². The molecule has 0 saturated heterocycles. The highest BCUT2D eigenvalue weighted by Gasteiger charge is 2.13. The summed E-state index contributed by atoms with van der Waals surface area (Å²) in [5.74, 6) is -0.843. The minimum atomic E-state index is -0.843. The number of carboxylic acids is 1. The zero-order chi connectivity index (χ0) is 17.7. The summed E-state index contributed by atoms with van der Waals surface area (Å²) in [5, 5.41) is 18.7. The molecule has 0 unspecified atom stereocenters. The SMILES string of the molecule is CCn1nc(C)c(NC(=O)Nc2cccc(CCC(=O)O)c2)c1C. The van der Waals surface area contributed by atoms with E-state index in [1.807, 2.05) is 31.5 Å². The van der Waals surface area contributed by atoms with Crippen LogP contribution < -0.4 is 10.6 Å². The highest BCUT2D eigenvalue weighted by molar-refractivity contribution is 6.00. The van der Waals surface area contributed by atoms with Gasteiger partial charge in [-0.1, -0.05) is 12.1 Å². The van der Waals surface area contributed by atoms with Crippen LogP contribution in [0.2, 0.25) is 0 Å². The molecule has 128 valence electrons. The number of rotatable bonds is 6. The second-order valence-corrected chi connectivity index (χ2v) is 5.53. The number of aryl methyl sites for hydroxylation is 3. The van der Waals surface area contributed by atoms with Crippen molar-refractivity contribution in [2.75, 3.05) is 10.6 Å². The van der Waals surface area contributed by atoms with E-state index in [1.54, 1.807) is 18.2 Å². The second kappa shape index (κ2) is 7.63. The number of urea groups is 1. The Balaban J connectivity index is 2.03. The molecule has 2 amide bonds. The van der Waals surface area contributed by atoms with E-state index >= 15 is 0 Å². The lowest BCUT2D eigenvalue weighted by molar-refractivity contribution is -0.136. The van der Waals surface area contributed by atoms with Gasteiger partial charge in [0.05, 0.1) is 17.1 Å². The van der Waals surface area contributed by atoms with Gasteiger partial charge in [-0.2, -0.15) is 5.10 Å². The number of nitrogens with one attached hydrogen (secondary N) is 2. The Bertz CT molecular complexity index is 752. The zero-order valence-electron chi connectivity index (χ0n) is 14.1. The normalized spacial score (nSPS) is 10.5. The number of hydrogen-bond donors (Lipinski definition) is 3. The molecule has 0 fully saturated rings. The first kappa shape index (κ1) is 17.5. The van der Waals surface area contributed by atoms with Gasteiger partial charge in [0.15, 0.2) is 0 Å². The molecule has 1 aromatic heterocycles. The molecule has 3 N–H and O–H groups in total.